The zero-order valence-corrected chi connectivity index (χ0v) is 12.8. The molecule has 1 aromatic rings. The molecule has 2 heterocycles. The van der Waals surface area contributed by atoms with Crippen molar-refractivity contribution in [1.82, 2.24) is 15.1 Å². The Morgan fingerprint density at radius 2 is 2.26 bits per heavy atom. The highest BCUT2D eigenvalue weighted by molar-refractivity contribution is 7.91. The van der Waals surface area contributed by atoms with Gasteiger partial charge in [-0.25, -0.2) is 8.42 Å². The molecule has 0 radical (unpaired) electrons. The molecule has 0 spiro atoms. The quantitative estimate of drug-likeness (QED) is 0.826. The van der Waals surface area contributed by atoms with Gasteiger partial charge in [-0.2, -0.15) is 5.10 Å². The molecule has 2 rings (SSSR count). The van der Waals surface area contributed by atoms with Crippen LogP contribution in [0.4, 0.5) is 0 Å². The van der Waals surface area contributed by atoms with E-state index < -0.39 is 9.84 Å². The molecule has 0 aliphatic carbocycles. The molecule has 1 unspecified atom stereocenters. The molecular weight excluding hydrogens is 262 g/mol. The van der Waals surface area contributed by atoms with E-state index in [1.54, 1.807) is 0 Å². The van der Waals surface area contributed by atoms with E-state index in [-0.39, 0.29) is 17.0 Å². The summed E-state index contributed by atoms with van der Waals surface area (Å²) < 4.78 is 25.3. The van der Waals surface area contributed by atoms with E-state index in [9.17, 15) is 8.42 Å². The topological polar surface area (TPSA) is 64.0 Å². The highest BCUT2D eigenvalue weighted by Gasteiger charge is 2.41. The summed E-state index contributed by atoms with van der Waals surface area (Å²) in [6.07, 6.45) is 3.61. The molecule has 108 valence electrons. The molecule has 0 bridgehead atoms. The Morgan fingerprint density at radius 1 is 1.53 bits per heavy atom. The van der Waals surface area contributed by atoms with Crippen LogP contribution in [-0.4, -0.2) is 36.2 Å². The summed E-state index contributed by atoms with van der Waals surface area (Å²) in [4.78, 5) is 0. The van der Waals surface area contributed by atoms with E-state index in [1.165, 1.54) is 0 Å². The minimum Gasteiger partial charge on any atom is -0.313 e. The minimum absolute atomic E-state index is 0.199. The molecule has 1 aromatic heterocycles. The molecule has 1 saturated heterocycles. The van der Waals surface area contributed by atoms with Gasteiger partial charge >= 0.3 is 0 Å². The highest BCUT2D eigenvalue weighted by Crippen LogP contribution is 2.31. The van der Waals surface area contributed by atoms with E-state index in [0.717, 1.165) is 30.8 Å². The number of nitrogens with zero attached hydrogens (tertiary/aromatic N) is 2. The van der Waals surface area contributed by atoms with Crippen molar-refractivity contribution in [2.24, 2.45) is 0 Å². The second-order valence-electron chi connectivity index (χ2n) is 5.68. The van der Waals surface area contributed by atoms with Crippen LogP contribution in [0.25, 0.3) is 0 Å². The first-order chi connectivity index (χ1) is 8.88. The predicted molar refractivity (Wildman–Crippen MR) is 75.9 cm³/mol. The van der Waals surface area contributed by atoms with E-state index in [1.807, 2.05) is 24.7 Å². The van der Waals surface area contributed by atoms with Crippen LogP contribution < -0.4 is 5.32 Å². The molecule has 5 nitrogen and oxygen atoms in total. The summed E-state index contributed by atoms with van der Waals surface area (Å²) in [6, 6.07) is 0. The maximum atomic E-state index is 11.7. The van der Waals surface area contributed by atoms with Gasteiger partial charge in [-0.15, -0.1) is 0 Å². The first-order valence-corrected chi connectivity index (χ1v) is 8.65. The lowest BCUT2D eigenvalue weighted by molar-refractivity contribution is 0.321. The number of aromatic nitrogens is 2. The van der Waals surface area contributed by atoms with Gasteiger partial charge in [0, 0.05) is 17.8 Å². The zero-order chi connectivity index (χ0) is 14.1. The van der Waals surface area contributed by atoms with Crippen molar-refractivity contribution in [3.05, 3.63) is 17.5 Å². The van der Waals surface area contributed by atoms with E-state index >= 15 is 0 Å². The van der Waals surface area contributed by atoms with Crippen LogP contribution in [0.15, 0.2) is 6.20 Å². The fourth-order valence-corrected chi connectivity index (χ4v) is 4.83. The number of sulfone groups is 1. The Labute approximate surface area is 115 Å². The van der Waals surface area contributed by atoms with Crippen LogP contribution in [-0.2, 0) is 21.9 Å². The van der Waals surface area contributed by atoms with Gasteiger partial charge in [-0.3, -0.25) is 4.68 Å². The lowest BCUT2D eigenvalue weighted by Crippen LogP contribution is -2.33. The second-order valence-corrected chi connectivity index (χ2v) is 7.87. The smallest absolute Gasteiger partial charge is 0.152 e. The fourth-order valence-electron chi connectivity index (χ4n) is 2.72. The largest absolute Gasteiger partial charge is 0.313 e. The molecule has 19 heavy (non-hydrogen) atoms. The third-order valence-corrected chi connectivity index (χ3v) is 5.74. The maximum absolute atomic E-state index is 11.7. The summed E-state index contributed by atoms with van der Waals surface area (Å²) in [5, 5.41) is 7.78. The van der Waals surface area contributed by atoms with Crippen molar-refractivity contribution < 1.29 is 8.42 Å². The van der Waals surface area contributed by atoms with Crippen molar-refractivity contribution in [3.63, 3.8) is 0 Å². The standard InChI is InChI=1S/C13H23N3O2S/c1-4-6-14-8-12-9-15-16(11(12)2)13(3)5-7-19(17,18)10-13/h9,14H,4-8,10H2,1-3H3. The molecule has 0 amide bonds. The van der Waals surface area contributed by atoms with E-state index in [4.69, 9.17) is 0 Å². The van der Waals surface area contributed by atoms with Crippen LogP contribution in [0.2, 0.25) is 0 Å². The van der Waals surface area contributed by atoms with Gasteiger partial charge in [-0.1, -0.05) is 6.92 Å². The Morgan fingerprint density at radius 3 is 2.84 bits per heavy atom. The second kappa shape index (κ2) is 5.25. The Balaban J connectivity index is 2.18. The normalized spacial score (nSPS) is 25.8. The van der Waals surface area contributed by atoms with Gasteiger partial charge in [0.2, 0.25) is 0 Å². The van der Waals surface area contributed by atoms with Gasteiger partial charge in [0.15, 0.2) is 9.84 Å². The summed E-state index contributed by atoms with van der Waals surface area (Å²) in [5.41, 5.74) is 1.84. The van der Waals surface area contributed by atoms with Crippen LogP contribution in [0, 0.1) is 6.92 Å². The summed E-state index contributed by atoms with van der Waals surface area (Å²) in [7, 11) is -2.91. The average Bonchev–Trinajstić information content (AvgIpc) is 2.82. The van der Waals surface area contributed by atoms with Crippen LogP contribution in [0.5, 0.6) is 0 Å². The van der Waals surface area contributed by atoms with Gasteiger partial charge in [0.25, 0.3) is 0 Å². The summed E-state index contributed by atoms with van der Waals surface area (Å²) >= 11 is 0. The number of nitrogens with one attached hydrogen (secondary N) is 1. The van der Waals surface area contributed by atoms with Gasteiger partial charge < -0.3 is 5.32 Å². The van der Waals surface area contributed by atoms with Crippen LogP contribution >= 0.6 is 0 Å². The lowest BCUT2D eigenvalue weighted by atomic mass is 10.0. The van der Waals surface area contributed by atoms with Crippen LogP contribution in [0.1, 0.15) is 37.9 Å². The van der Waals surface area contributed by atoms with Crippen molar-refractivity contribution in [2.75, 3.05) is 18.1 Å². The molecular formula is C13H23N3O2S. The fraction of sp³-hybridized carbons (Fsp3) is 0.769. The monoisotopic (exact) mass is 285 g/mol. The third kappa shape index (κ3) is 3.00. The zero-order valence-electron chi connectivity index (χ0n) is 11.9. The van der Waals surface area contributed by atoms with Gasteiger partial charge in [0.1, 0.15) is 0 Å². The Kier molecular flexibility index (Phi) is 4.01. The SMILES string of the molecule is CCCNCc1cnn(C2(C)CCS(=O)(=O)C2)c1C. The van der Waals surface area contributed by atoms with Crippen molar-refractivity contribution in [3.8, 4) is 0 Å². The molecule has 6 heteroatoms. The molecule has 1 aliphatic heterocycles. The highest BCUT2D eigenvalue weighted by atomic mass is 32.2. The molecule has 0 saturated carbocycles. The molecule has 1 atom stereocenters. The van der Waals surface area contributed by atoms with E-state index in [2.05, 4.69) is 17.3 Å². The van der Waals surface area contributed by atoms with E-state index in [0.29, 0.717) is 6.42 Å². The van der Waals surface area contributed by atoms with Crippen LogP contribution in [0.3, 0.4) is 0 Å². The average molecular weight is 285 g/mol. The first kappa shape index (κ1) is 14.5. The maximum Gasteiger partial charge on any atom is 0.152 e. The number of hydrogen-bond donors (Lipinski definition) is 1. The summed E-state index contributed by atoms with van der Waals surface area (Å²) in [5.74, 6) is 0.469. The Bertz CT molecular complexity index is 550. The first-order valence-electron chi connectivity index (χ1n) is 6.83. The number of rotatable bonds is 5. The van der Waals surface area contributed by atoms with Crippen molar-refractivity contribution >= 4 is 9.84 Å². The minimum atomic E-state index is -2.91. The third-order valence-electron chi connectivity index (χ3n) is 3.85. The molecule has 1 fully saturated rings. The molecule has 1 N–H and O–H groups in total. The van der Waals surface area contributed by atoms with Crippen molar-refractivity contribution in [2.45, 2.75) is 45.7 Å². The van der Waals surface area contributed by atoms with Gasteiger partial charge in [-0.05, 0) is 33.2 Å². The molecule has 0 aromatic carbocycles. The van der Waals surface area contributed by atoms with Gasteiger partial charge in [0.05, 0.1) is 23.2 Å². The summed E-state index contributed by atoms with van der Waals surface area (Å²) in [6.45, 7) is 7.92. The lowest BCUT2D eigenvalue weighted by Gasteiger charge is -2.24. The Hall–Kier alpha value is -0.880. The number of hydrogen-bond acceptors (Lipinski definition) is 4. The predicted octanol–water partition coefficient (Wildman–Crippen LogP) is 1.22. The van der Waals surface area contributed by atoms with Crippen molar-refractivity contribution in [1.29, 1.82) is 0 Å². The molecule has 1 aliphatic rings.